The second-order valence-electron chi connectivity index (χ2n) is 3.85. The van der Waals surface area contributed by atoms with Gasteiger partial charge < -0.3 is 0 Å². The second kappa shape index (κ2) is 7.29. The molecule has 0 heterocycles. The van der Waals surface area contributed by atoms with Gasteiger partial charge in [-0.15, -0.1) is 0 Å². The molecule has 0 radical (unpaired) electrons. The Morgan fingerprint density at radius 3 is 2.06 bits per heavy atom. The van der Waals surface area contributed by atoms with E-state index in [1.54, 1.807) is 6.08 Å². The van der Waals surface area contributed by atoms with Crippen LogP contribution in [0, 0.1) is 0 Å². The number of hydrogen-bond donors (Lipinski definition) is 0. The molecule has 0 spiro atoms. The molecule has 0 aliphatic heterocycles. The van der Waals surface area contributed by atoms with Crippen LogP contribution < -0.4 is 0 Å². The molecule has 92 valence electrons. The molecule has 0 atom stereocenters. The summed E-state index contributed by atoms with van der Waals surface area (Å²) in [5.74, 6) is 0. The Labute approximate surface area is 110 Å². The maximum atomic E-state index is 3.87. The molecule has 0 saturated heterocycles. The highest BCUT2D eigenvalue weighted by Gasteiger charge is 2.06. The average Bonchev–Trinajstić information content (AvgIpc) is 2.42. The van der Waals surface area contributed by atoms with Crippen LogP contribution in [-0.2, 0) is 0 Å². The maximum absolute atomic E-state index is 3.87. The van der Waals surface area contributed by atoms with Crippen LogP contribution in [0.3, 0.4) is 0 Å². The van der Waals surface area contributed by atoms with Gasteiger partial charge in [0.05, 0.1) is 0 Å². The van der Waals surface area contributed by atoms with Gasteiger partial charge in [-0.1, -0.05) is 73.9 Å². The number of rotatable bonds is 5. The van der Waals surface area contributed by atoms with Gasteiger partial charge in [-0.2, -0.15) is 0 Å². The molecule has 1 aromatic rings. The van der Waals surface area contributed by atoms with Crippen molar-refractivity contribution in [3.05, 3.63) is 85.0 Å². The Balaban J connectivity index is 3.42. The first-order valence-electron chi connectivity index (χ1n) is 6.12. The molecule has 0 aromatic heterocycles. The molecule has 0 unspecified atom stereocenters. The van der Waals surface area contributed by atoms with Crippen molar-refractivity contribution < 1.29 is 0 Å². The zero-order chi connectivity index (χ0) is 13.4. The molecule has 0 amide bonds. The Morgan fingerprint density at radius 2 is 1.61 bits per heavy atom. The van der Waals surface area contributed by atoms with Crippen molar-refractivity contribution in [1.29, 1.82) is 0 Å². The SMILES string of the molecule is C=C/C=C(\C=C)c1ccccc1C(/C=C\C)=C/C. The van der Waals surface area contributed by atoms with E-state index in [0.717, 1.165) is 5.57 Å². The van der Waals surface area contributed by atoms with Crippen molar-refractivity contribution in [2.24, 2.45) is 0 Å². The van der Waals surface area contributed by atoms with E-state index in [2.05, 4.69) is 56.5 Å². The van der Waals surface area contributed by atoms with E-state index in [1.807, 2.05) is 25.1 Å². The van der Waals surface area contributed by atoms with Crippen LogP contribution in [0.1, 0.15) is 25.0 Å². The highest BCUT2D eigenvalue weighted by molar-refractivity contribution is 5.86. The van der Waals surface area contributed by atoms with Gasteiger partial charge in [-0.05, 0) is 36.1 Å². The van der Waals surface area contributed by atoms with E-state index in [1.165, 1.54) is 16.7 Å². The van der Waals surface area contributed by atoms with Gasteiger partial charge in [0, 0.05) is 0 Å². The van der Waals surface area contributed by atoms with Crippen molar-refractivity contribution in [2.75, 3.05) is 0 Å². The zero-order valence-electron chi connectivity index (χ0n) is 11.2. The number of allylic oxidation sites excluding steroid dienone is 8. The predicted octanol–water partition coefficient (Wildman–Crippen LogP) is 5.42. The molecule has 0 aliphatic carbocycles. The molecular formula is C18H20. The molecule has 0 aliphatic rings. The Kier molecular flexibility index (Phi) is 5.66. The highest BCUT2D eigenvalue weighted by atomic mass is 14.1. The fourth-order valence-electron chi connectivity index (χ4n) is 1.90. The van der Waals surface area contributed by atoms with E-state index in [-0.39, 0.29) is 0 Å². The van der Waals surface area contributed by atoms with E-state index in [4.69, 9.17) is 0 Å². The normalized spacial score (nSPS) is 12.8. The summed E-state index contributed by atoms with van der Waals surface area (Å²) in [5, 5.41) is 0. The summed E-state index contributed by atoms with van der Waals surface area (Å²) in [6.07, 6.45) is 11.9. The van der Waals surface area contributed by atoms with Gasteiger partial charge in [0.25, 0.3) is 0 Å². The van der Waals surface area contributed by atoms with Gasteiger partial charge in [0.2, 0.25) is 0 Å². The number of hydrogen-bond acceptors (Lipinski definition) is 0. The van der Waals surface area contributed by atoms with Crippen LogP contribution in [0.4, 0.5) is 0 Å². The third-order valence-corrected chi connectivity index (χ3v) is 2.72. The van der Waals surface area contributed by atoms with Crippen molar-refractivity contribution in [3.63, 3.8) is 0 Å². The lowest BCUT2D eigenvalue weighted by Crippen LogP contribution is -1.90. The highest BCUT2D eigenvalue weighted by Crippen LogP contribution is 2.27. The van der Waals surface area contributed by atoms with Gasteiger partial charge in [0.15, 0.2) is 0 Å². The summed E-state index contributed by atoms with van der Waals surface area (Å²) in [6.45, 7) is 11.7. The lowest BCUT2D eigenvalue weighted by Gasteiger charge is -2.11. The standard InChI is InChI=1S/C18H20/c1-5-11-15(7-3)17-13-9-10-14-18(17)16(8-4)12-6-2/h5-14H,1,3H2,2,4H3/b12-6-,15-11+,16-8+. The van der Waals surface area contributed by atoms with E-state index in [0.29, 0.717) is 0 Å². The molecule has 0 N–H and O–H groups in total. The van der Waals surface area contributed by atoms with Crippen LogP contribution in [0.25, 0.3) is 11.1 Å². The van der Waals surface area contributed by atoms with Crippen molar-refractivity contribution in [2.45, 2.75) is 13.8 Å². The third-order valence-electron chi connectivity index (χ3n) is 2.72. The monoisotopic (exact) mass is 236 g/mol. The quantitative estimate of drug-likeness (QED) is 0.599. The fourth-order valence-corrected chi connectivity index (χ4v) is 1.90. The summed E-state index contributed by atoms with van der Waals surface area (Å²) in [6, 6.07) is 8.34. The van der Waals surface area contributed by atoms with Gasteiger partial charge in [-0.25, -0.2) is 0 Å². The molecule has 0 heteroatoms. The maximum Gasteiger partial charge on any atom is -0.0106 e. The van der Waals surface area contributed by atoms with Crippen molar-refractivity contribution in [3.8, 4) is 0 Å². The van der Waals surface area contributed by atoms with E-state index >= 15 is 0 Å². The Bertz CT molecular complexity index is 511. The summed E-state index contributed by atoms with van der Waals surface area (Å²) in [4.78, 5) is 0. The minimum absolute atomic E-state index is 1.09. The first kappa shape index (κ1) is 14.0. The summed E-state index contributed by atoms with van der Waals surface area (Å²) < 4.78 is 0. The molecule has 0 bridgehead atoms. The van der Waals surface area contributed by atoms with Crippen molar-refractivity contribution >= 4 is 11.1 Å². The zero-order valence-corrected chi connectivity index (χ0v) is 11.2. The van der Waals surface area contributed by atoms with Gasteiger partial charge >= 0.3 is 0 Å². The first-order chi connectivity index (χ1) is 8.78. The van der Waals surface area contributed by atoms with Gasteiger partial charge in [0.1, 0.15) is 0 Å². The molecule has 0 saturated carbocycles. The summed E-state index contributed by atoms with van der Waals surface area (Å²) in [5.41, 5.74) is 4.69. The van der Waals surface area contributed by atoms with Crippen LogP contribution in [-0.4, -0.2) is 0 Å². The molecular weight excluding hydrogens is 216 g/mol. The molecule has 0 fully saturated rings. The number of benzene rings is 1. The largest absolute Gasteiger partial charge is 0.0990 e. The molecule has 1 aromatic carbocycles. The predicted molar refractivity (Wildman–Crippen MR) is 83.3 cm³/mol. The molecule has 0 nitrogen and oxygen atoms in total. The minimum atomic E-state index is 1.09. The first-order valence-corrected chi connectivity index (χ1v) is 6.12. The lowest BCUT2D eigenvalue weighted by molar-refractivity contribution is 1.53. The topological polar surface area (TPSA) is 0 Å². The van der Waals surface area contributed by atoms with E-state index < -0.39 is 0 Å². The van der Waals surface area contributed by atoms with E-state index in [9.17, 15) is 0 Å². The summed E-state index contributed by atoms with van der Waals surface area (Å²) >= 11 is 0. The average molecular weight is 236 g/mol. The smallest absolute Gasteiger partial charge is 0.0106 e. The fraction of sp³-hybridized carbons (Fsp3) is 0.111. The second-order valence-corrected chi connectivity index (χ2v) is 3.85. The lowest BCUT2D eigenvalue weighted by atomic mass is 9.93. The summed E-state index contributed by atoms with van der Waals surface area (Å²) in [7, 11) is 0. The molecule has 18 heavy (non-hydrogen) atoms. The third kappa shape index (κ3) is 3.21. The van der Waals surface area contributed by atoms with Crippen LogP contribution in [0.2, 0.25) is 0 Å². The molecule has 1 rings (SSSR count). The van der Waals surface area contributed by atoms with Crippen LogP contribution in [0.5, 0.6) is 0 Å². The Hall–Kier alpha value is -2.08. The van der Waals surface area contributed by atoms with Crippen LogP contribution in [0.15, 0.2) is 73.9 Å². The van der Waals surface area contributed by atoms with Crippen LogP contribution >= 0.6 is 0 Å². The van der Waals surface area contributed by atoms with Gasteiger partial charge in [-0.3, -0.25) is 0 Å². The Morgan fingerprint density at radius 1 is 1.00 bits per heavy atom. The minimum Gasteiger partial charge on any atom is -0.0990 e. The van der Waals surface area contributed by atoms with Crippen molar-refractivity contribution in [1.82, 2.24) is 0 Å².